The quantitative estimate of drug-likeness (QED) is 0.199. The van der Waals surface area contributed by atoms with Crippen molar-refractivity contribution in [3.8, 4) is 0 Å². The number of aliphatic hydroxyl groups is 1. The standard InChI is InChI=1S/C16H11F19O3/c1-5(7(37)38)2-3-6(36)4-8(17,18)10(20,21)12(24,25)14(28,29)13(26,27)11(22,23)9(19,15(30,31)32)16(33,34)35/h2,6,36H,3-4H2,1H3,(H,37,38). The lowest BCUT2D eigenvalue weighted by Gasteiger charge is -2.45. The summed E-state index contributed by atoms with van der Waals surface area (Å²) in [6.07, 6.45) is -24.1. The Kier molecular flexibility index (Phi) is 9.23. The second-order valence-corrected chi connectivity index (χ2v) is 7.52. The highest BCUT2D eigenvalue weighted by atomic mass is 19.4. The van der Waals surface area contributed by atoms with Crippen LogP contribution in [0.1, 0.15) is 19.8 Å². The summed E-state index contributed by atoms with van der Waals surface area (Å²) in [4.78, 5) is 10.5. The number of hydrogen-bond donors (Lipinski definition) is 2. The number of aliphatic hydroxyl groups excluding tert-OH is 1. The summed E-state index contributed by atoms with van der Waals surface area (Å²) in [5.74, 6) is -52.6. The van der Waals surface area contributed by atoms with E-state index in [1.165, 1.54) is 0 Å². The topological polar surface area (TPSA) is 57.5 Å². The van der Waals surface area contributed by atoms with Gasteiger partial charge in [-0.3, -0.25) is 0 Å². The highest BCUT2D eigenvalue weighted by molar-refractivity contribution is 5.85. The summed E-state index contributed by atoms with van der Waals surface area (Å²) in [5.41, 5.74) is -9.62. The molecule has 2 N–H and O–H groups in total. The first kappa shape index (κ1) is 35.8. The average Bonchev–Trinajstić information content (AvgIpc) is 2.68. The molecule has 0 aromatic heterocycles. The molecule has 3 nitrogen and oxygen atoms in total. The molecule has 38 heavy (non-hydrogen) atoms. The van der Waals surface area contributed by atoms with Gasteiger partial charge in [-0.25, -0.2) is 9.18 Å². The molecule has 0 rings (SSSR count). The lowest BCUT2D eigenvalue weighted by atomic mass is 9.83. The van der Waals surface area contributed by atoms with Gasteiger partial charge in [-0.2, -0.15) is 79.0 Å². The van der Waals surface area contributed by atoms with Crippen LogP contribution in [-0.2, 0) is 4.79 Å². The molecule has 22 heteroatoms. The van der Waals surface area contributed by atoms with Crippen molar-refractivity contribution >= 4 is 5.97 Å². The van der Waals surface area contributed by atoms with E-state index in [1.54, 1.807) is 0 Å². The zero-order valence-corrected chi connectivity index (χ0v) is 17.6. The predicted octanol–water partition coefficient (Wildman–Crippen LogP) is 6.80. The lowest BCUT2D eigenvalue weighted by molar-refractivity contribution is -0.472. The monoisotopic (exact) mass is 612 g/mol. The van der Waals surface area contributed by atoms with E-state index in [-0.39, 0.29) is 6.08 Å². The van der Waals surface area contributed by atoms with Gasteiger partial charge in [0, 0.05) is 12.0 Å². The Morgan fingerprint density at radius 1 is 0.632 bits per heavy atom. The van der Waals surface area contributed by atoms with Crippen molar-refractivity contribution in [1.29, 1.82) is 0 Å². The fourth-order valence-corrected chi connectivity index (χ4v) is 2.46. The maximum absolute atomic E-state index is 13.7. The van der Waals surface area contributed by atoms with Crippen molar-refractivity contribution in [3.05, 3.63) is 11.6 Å². The first-order valence-electron chi connectivity index (χ1n) is 8.89. The van der Waals surface area contributed by atoms with E-state index in [1.807, 2.05) is 0 Å². The number of hydrogen-bond acceptors (Lipinski definition) is 2. The molecule has 1 atom stereocenters. The van der Waals surface area contributed by atoms with Crippen LogP contribution in [0.5, 0.6) is 0 Å². The maximum Gasteiger partial charge on any atom is 0.438 e. The Bertz CT molecular complexity index is 885. The van der Waals surface area contributed by atoms with Gasteiger partial charge in [0.25, 0.3) is 0 Å². The summed E-state index contributed by atoms with van der Waals surface area (Å²) in [6, 6.07) is 0. The minimum Gasteiger partial charge on any atom is -0.478 e. The second kappa shape index (κ2) is 9.79. The number of halogens is 19. The van der Waals surface area contributed by atoms with E-state index in [0.717, 1.165) is 0 Å². The fourth-order valence-electron chi connectivity index (χ4n) is 2.46. The Morgan fingerprint density at radius 2 is 0.947 bits per heavy atom. The number of aliphatic carboxylic acids is 1. The Balaban J connectivity index is 6.78. The SMILES string of the molecule is CC(=CCC(O)CC(F)(F)C(F)(F)C(F)(F)C(F)(F)C(F)(F)C(F)(F)C(F)(C(F)(F)F)C(F)(F)F)C(=O)O. The summed E-state index contributed by atoms with van der Waals surface area (Å²) in [6.45, 7) is 0.686. The molecule has 0 radical (unpaired) electrons. The van der Waals surface area contributed by atoms with Crippen LogP contribution in [0.3, 0.4) is 0 Å². The normalized spacial score (nSPS) is 17.0. The molecule has 0 aromatic carbocycles. The summed E-state index contributed by atoms with van der Waals surface area (Å²) >= 11 is 0. The van der Waals surface area contributed by atoms with Gasteiger partial charge in [0.15, 0.2) is 0 Å². The average molecular weight is 612 g/mol. The van der Waals surface area contributed by atoms with Gasteiger partial charge < -0.3 is 10.2 Å². The number of carbonyl (C=O) groups is 1. The van der Waals surface area contributed by atoms with Crippen LogP contribution < -0.4 is 0 Å². The number of carboxylic acids is 1. The zero-order valence-electron chi connectivity index (χ0n) is 17.6. The van der Waals surface area contributed by atoms with Crippen molar-refractivity contribution in [2.24, 2.45) is 0 Å². The molecule has 0 heterocycles. The molecule has 226 valence electrons. The summed E-state index contributed by atoms with van der Waals surface area (Å²) in [5, 5.41) is 17.6. The molecule has 1 unspecified atom stereocenters. The van der Waals surface area contributed by atoms with Crippen molar-refractivity contribution < 1.29 is 98.4 Å². The van der Waals surface area contributed by atoms with E-state index in [2.05, 4.69) is 0 Å². The Labute approximate surface area is 196 Å². The smallest absolute Gasteiger partial charge is 0.438 e. The maximum atomic E-state index is 13.7. The minimum atomic E-state index is -9.11. The van der Waals surface area contributed by atoms with Crippen LogP contribution in [0, 0.1) is 0 Å². The molecule has 0 bridgehead atoms. The van der Waals surface area contributed by atoms with E-state index < -0.39 is 84.0 Å². The van der Waals surface area contributed by atoms with Crippen molar-refractivity contribution in [3.63, 3.8) is 0 Å². The van der Waals surface area contributed by atoms with Crippen molar-refractivity contribution in [2.45, 2.75) is 79.4 Å². The first-order chi connectivity index (χ1) is 16.2. The number of carboxylic acid groups (broad SMARTS) is 1. The van der Waals surface area contributed by atoms with Gasteiger partial charge in [0.2, 0.25) is 0 Å². The van der Waals surface area contributed by atoms with Gasteiger partial charge in [0.1, 0.15) is 0 Å². The number of rotatable bonds is 11. The molecule has 0 aliphatic carbocycles. The molecule has 0 spiro atoms. The second-order valence-electron chi connectivity index (χ2n) is 7.52. The third kappa shape index (κ3) is 5.19. The molecule has 0 aliphatic rings. The highest BCUT2D eigenvalue weighted by Crippen LogP contribution is 2.66. The molecule has 0 fully saturated rings. The van der Waals surface area contributed by atoms with E-state index in [9.17, 15) is 93.3 Å². The van der Waals surface area contributed by atoms with E-state index in [0.29, 0.717) is 6.92 Å². The highest BCUT2D eigenvalue weighted by Gasteiger charge is 2.98. The first-order valence-corrected chi connectivity index (χ1v) is 8.89. The number of alkyl halides is 19. The molecule has 0 aromatic rings. The van der Waals surface area contributed by atoms with Gasteiger partial charge in [-0.05, 0) is 13.3 Å². The van der Waals surface area contributed by atoms with Crippen LogP contribution in [0.15, 0.2) is 11.6 Å². The summed E-state index contributed by atoms with van der Waals surface area (Å²) in [7, 11) is 0. The largest absolute Gasteiger partial charge is 0.478 e. The van der Waals surface area contributed by atoms with Gasteiger partial charge >= 0.3 is 59.5 Å². The van der Waals surface area contributed by atoms with Gasteiger partial charge in [-0.1, -0.05) is 6.08 Å². The van der Waals surface area contributed by atoms with E-state index in [4.69, 9.17) is 5.11 Å². The molecular formula is C16H11F19O3. The lowest BCUT2D eigenvalue weighted by Crippen LogP contribution is -2.77. The zero-order chi connectivity index (χ0) is 31.4. The van der Waals surface area contributed by atoms with Crippen molar-refractivity contribution in [2.75, 3.05) is 0 Å². The van der Waals surface area contributed by atoms with E-state index >= 15 is 0 Å². The van der Waals surface area contributed by atoms with Crippen LogP contribution in [-0.4, -0.2) is 75.8 Å². The molecule has 0 saturated heterocycles. The van der Waals surface area contributed by atoms with Gasteiger partial charge in [0.05, 0.1) is 6.10 Å². The van der Waals surface area contributed by atoms with Crippen molar-refractivity contribution in [1.82, 2.24) is 0 Å². The Morgan fingerprint density at radius 3 is 1.26 bits per heavy atom. The van der Waals surface area contributed by atoms with Gasteiger partial charge in [-0.15, -0.1) is 0 Å². The van der Waals surface area contributed by atoms with Crippen LogP contribution in [0.4, 0.5) is 83.4 Å². The molecule has 0 aliphatic heterocycles. The summed E-state index contributed by atoms with van der Waals surface area (Å²) < 4.78 is 252. The molecule has 0 amide bonds. The Hall–Kier alpha value is -2.16. The predicted molar refractivity (Wildman–Crippen MR) is 82.3 cm³/mol. The minimum absolute atomic E-state index is 0.262. The third-order valence-electron chi connectivity index (χ3n) is 4.78. The fraction of sp³-hybridized carbons (Fsp3) is 0.812. The molecule has 0 saturated carbocycles. The molecular weight excluding hydrogens is 601 g/mol. The van der Waals surface area contributed by atoms with Crippen LogP contribution in [0.25, 0.3) is 0 Å². The van der Waals surface area contributed by atoms with Crippen LogP contribution in [0.2, 0.25) is 0 Å². The van der Waals surface area contributed by atoms with Crippen LogP contribution >= 0.6 is 0 Å². The third-order valence-corrected chi connectivity index (χ3v) is 4.78.